The van der Waals surface area contributed by atoms with Gasteiger partial charge in [0.1, 0.15) is 0 Å². The first-order chi connectivity index (χ1) is 9.56. The molecule has 0 aliphatic carbocycles. The van der Waals surface area contributed by atoms with Crippen LogP contribution in [0.1, 0.15) is 37.4 Å². The lowest BCUT2D eigenvalue weighted by Gasteiger charge is -2.05. The van der Waals surface area contributed by atoms with Crippen molar-refractivity contribution in [3.8, 4) is 0 Å². The number of hydrogen-bond donors (Lipinski definition) is 3. The number of H-pyrrole nitrogens is 2. The van der Waals surface area contributed by atoms with Crippen LogP contribution in [0.3, 0.4) is 0 Å². The van der Waals surface area contributed by atoms with E-state index in [1.54, 1.807) is 0 Å². The molecule has 3 aromatic rings. The van der Waals surface area contributed by atoms with Crippen LogP contribution in [0.15, 0.2) is 18.3 Å². The lowest BCUT2D eigenvalue weighted by atomic mass is 9.99. The van der Waals surface area contributed by atoms with Crippen LogP contribution < -0.4 is 0 Å². The minimum Gasteiger partial charge on any atom is -0.481 e. The first-order valence-corrected chi connectivity index (χ1v) is 6.76. The zero-order valence-electron chi connectivity index (χ0n) is 11.5. The Labute approximate surface area is 116 Å². The van der Waals surface area contributed by atoms with E-state index in [0.717, 1.165) is 33.1 Å². The fourth-order valence-electron chi connectivity index (χ4n) is 2.67. The van der Waals surface area contributed by atoms with E-state index in [4.69, 9.17) is 10.1 Å². The van der Waals surface area contributed by atoms with Crippen molar-refractivity contribution in [3.05, 3.63) is 29.6 Å². The van der Waals surface area contributed by atoms with Crippen LogP contribution in [0.2, 0.25) is 0 Å². The monoisotopic (exact) mass is 271 g/mol. The largest absolute Gasteiger partial charge is 0.481 e. The quantitative estimate of drug-likeness (QED) is 0.681. The lowest BCUT2D eigenvalue weighted by molar-refractivity contribution is -0.136. The standard InChI is InChI=1S/C15H17N3O2/c1-8(2)15-10(3-4-14(19)20)11-6-12-9(7-16-18-12)5-13(11)17-15/h5-8,16,18H,3-4H2,1-2H3,(H,19,20). The number of carboxylic acid groups (broad SMARTS) is 1. The number of rotatable bonds is 4. The van der Waals surface area contributed by atoms with Crippen molar-refractivity contribution in [2.24, 2.45) is 0 Å². The highest BCUT2D eigenvalue weighted by molar-refractivity contribution is 5.97. The van der Waals surface area contributed by atoms with Gasteiger partial charge in [0.25, 0.3) is 0 Å². The van der Waals surface area contributed by atoms with Gasteiger partial charge in [-0.1, -0.05) is 13.8 Å². The second-order valence-electron chi connectivity index (χ2n) is 5.39. The molecular weight excluding hydrogens is 254 g/mol. The molecule has 2 aromatic heterocycles. The third-order valence-electron chi connectivity index (χ3n) is 3.61. The molecule has 3 N–H and O–H groups in total. The van der Waals surface area contributed by atoms with Gasteiger partial charge in [-0.3, -0.25) is 9.78 Å². The van der Waals surface area contributed by atoms with Crippen LogP contribution in [0, 0.1) is 0 Å². The molecule has 2 heterocycles. The summed E-state index contributed by atoms with van der Waals surface area (Å²) >= 11 is 0. The number of aromatic nitrogens is 3. The van der Waals surface area contributed by atoms with Crippen LogP contribution in [0.5, 0.6) is 0 Å². The molecule has 0 atom stereocenters. The van der Waals surface area contributed by atoms with E-state index in [-0.39, 0.29) is 12.3 Å². The number of aryl methyl sites for hydroxylation is 1. The van der Waals surface area contributed by atoms with Crippen LogP contribution in [0.4, 0.5) is 0 Å². The van der Waals surface area contributed by atoms with E-state index in [1.807, 2.05) is 12.3 Å². The van der Waals surface area contributed by atoms with Gasteiger partial charge in [-0.05, 0) is 30.0 Å². The summed E-state index contributed by atoms with van der Waals surface area (Å²) in [4.78, 5) is 15.6. The second kappa shape index (κ2) is 4.67. The van der Waals surface area contributed by atoms with Gasteiger partial charge in [-0.15, -0.1) is 0 Å². The fraction of sp³-hybridized carbons (Fsp3) is 0.333. The van der Waals surface area contributed by atoms with Crippen molar-refractivity contribution in [3.63, 3.8) is 0 Å². The summed E-state index contributed by atoms with van der Waals surface area (Å²) in [6.07, 6.45) is 2.56. The molecule has 0 aliphatic rings. The predicted molar refractivity (Wildman–Crippen MR) is 78.0 cm³/mol. The number of fused-ring (bicyclic) bond motifs is 2. The Morgan fingerprint density at radius 1 is 1.40 bits per heavy atom. The third-order valence-corrected chi connectivity index (χ3v) is 3.61. The minimum atomic E-state index is -0.775. The average Bonchev–Trinajstić information content (AvgIpc) is 2.96. The number of hydrogen-bond acceptors (Lipinski definition) is 2. The Morgan fingerprint density at radius 3 is 2.90 bits per heavy atom. The van der Waals surface area contributed by atoms with Gasteiger partial charge in [-0.25, -0.2) is 0 Å². The maximum Gasteiger partial charge on any atom is 0.303 e. The van der Waals surface area contributed by atoms with Crippen molar-refractivity contribution in [2.45, 2.75) is 32.6 Å². The Hall–Kier alpha value is -2.30. The minimum absolute atomic E-state index is 0.134. The Kier molecular flexibility index (Phi) is 2.97. The van der Waals surface area contributed by atoms with Crippen molar-refractivity contribution in [1.29, 1.82) is 0 Å². The van der Waals surface area contributed by atoms with E-state index in [1.165, 1.54) is 0 Å². The van der Waals surface area contributed by atoms with E-state index in [9.17, 15) is 4.79 Å². The molecule has 0 spiro atoms. The summed E-state index contributed by atoms with van der Waals surface area (Å²) in [6.45, 7) is 4.18. The molecule has 0 fully saturated rings. The average molecular weight is 271 g/mol. The normalized spacial score (nSPS) is 11.8. The fourth-order valence-corrected chi connectivity index (χ4v) is 2.67. The molecule has 104 valence electrons. The molecule has 3 rings (SSSR count). The van der Waals surface area contributed by atoms with E-state index in [2.05, 4.69) is 30.1 Å². The van der Waals surface area contributed by atoms with Crippen molar-refractivity contribution < 1.29 is 9.90 Å². The SMILES string of the molecule is CC(C)c1nc2cc3c[nH][nH]c3cc2c1CCC(=O)O. The zero-order chi connectivity index (χ0) is 14.3. The molecule has 0 bridgehead atoms. The highest BCUT2D eigenvalue weighted by Gasteiger charge is 2.17. The number of aliphatic carboxylic acids is 1. The summed E-state index contributed by atoms with van der Waals surface area (Å²) in [7, 11) is 0. The lowest BCUT2D eigenvalue weighted by Crippen LogP contribution is -2.00. The number of aromatic amines is 2. The van der Waals surface area contributed by atoms with Gasteiger partial charge in [0.15, 0.2) is 0 Å². The second-order valence-corrected chi connectivity index (χ2v) is 5.39. The highest BCUT2D eigenvalue weighted by atomic mass is 16.4. The van der Waals surface area contributed by atoms with Gasteiger partial charge in [0, 0.05) is 29.1 Å². The molecule has 5 heteroatoms. The first-order valence-electron chi connectivity index (χ1n) is 6.76. The maximum atomic E-state index is 10.9. The molecule has 0 radical (unpaired) electrons. The summed E-state index contributed by atoms with van der Waals surface area (Å²) in [5, 5.41) is 17.1. The van der Waals surface area contributed by atoms with E-state index < -0.39 is 5.97 Å². The van der Waals surface area contributed by atoms with Gasteiger partial charge in [0.05, 0.1) is 11.0 Å². The highest BCUT2D eigenvalue weighted by Crippen LogP contribution is 2.31. The number of nitrogens with one attached hydrogen (secondary N) is 2. The molecule has 5 nitrogen and oxygen atoms in total. The number of carboxylic acids is 1. The molecule has 0 amide bonds. The molecule has 0 unspecified atom stereocenters. The first kappa shape index (κ1) is 12.7. The smallest absolute Gasteiger partial charge is 0.303 e. The zero-order valence-corrected chi connectivity index (χ0v) is 11.5. The van der Waals surface area contributed by atoms with Gasteiger partial charge in [0.2, 0.25) is 0 Å². The number of nitrogens with zero attached hydrogens (tertiary/aromatic N) is 1. The van der Waals surface area contributed by atoms with Crippen LogP contribution >= 0.6 is 0 Å². The topological polar surface area (TPSA) is 81.8 Å². The number of carbonyl (C=O) groups is 1. The van der Waals surface area contributed by atoms with Gasteiger partial charge in [-0.2, -0.15) is 0 Å². The molecular formula is C15H17N3O2. The third kappa shape index (κ3) is 2.05. The molecule has 20 heavy (non-hydrogen) atoms. The predicted octanol–water partition coefficient (Wildman–Crippen LogP) is 3.18. The van der Waals surface area contributed by atoms with Crippen molar-refractivity contribution in [1.82, 2.24) is 15.2 Å². The summed E-state index contributed by atoms with van der Waals surface area (Å²) in [6, 6.07) is 4.09. The Balaban J connectivity index is 2.20. The van der Waals surface area contributed by atoms with Crippen molar-refractivity contribution >= 4 is 27.8 Å². The molecule has 1 aromatic carbocycles. The van der Waals surface area contributed by atoms with Crippen molar-refractivity contribution in [2.75, 3.05) is 0 Å². The summed E-state index contributed by atoms with van der Waals surface area (Å²) in [5.74, 6) is -0.487. The molecule has 0 saturated carbocycles. The molecule has 0 aliphatic heterocycles. The van der Waals surface area contributed by atoms with Crippen LogP contribution in [-0.4, -0.2) is 26.3 Å². The summed E-state index contributed by atoms with van der Waals surface area (Å²) < 4.78 is 0. The van der Waals surface area contributed by atoms with Gasteiger partial charge >= 0.3 is 5.97 Å². The summed E-state index contributed by atoms with van der Waals surface area (Å²) in [5.41, 5.74) is 4.03. The van der Waals surface area contributed by atoms with Crippen LogP contribution in [0.25, 0.3) is 21.8 Å². The van der Waals surface area contributed by atoms with E-state index in [0.29, 0.717) is 6.42 Å². The van der Waals surface area contributed by atoms with Crippen LogP contribution in [-0.2, 0) is 11.2 Å². The number of benzene rings is 1. The molecule has 0 saturated heterocycles. The van der Waals surface area contributed by atoms with E-state index >= 15 is 0 Å². The Bertz CT molecular complexity index is 783. The maximum absolute atomic E-state index is 10.9. The van der Waals surface area contributed by atoms with Gasteiger partial charge < -0.3 is 15.3 Å². The Morgan fingerprint density at radius 2 is 2.20 bits per heavy atom.